The van der Waals surface area contributed by atoms with Gasteiger partial charge in [-0.05, 0) is 21.1 Å². The van der Waals surface area contributed by atoms with Gasteiger partial charge in [0.1, 0.15) is 0 Å². The molecule has 0 aliphatic carbocycles. The van der Waals surface area contributed by atoms with Crippen LogP contribution in [-0.2, 0) is 0 Å². The van der Waals surface area contributed by atoms with Gasteiger partial charge in [-0.1, -0.05) is 0 Å². The second kappa shape index (κ2) is 7.44. The molecule has 0 rings (SSSR count). The first-order chi connectivity index (χ1) is 7.10. The first-order valence-corrected chi connectivity index (χ1v) is 5.07. The van der Waals surface area contributed by atoms with Gasteiger partial charge in [0.05, 0.1) is 0 Å². The summed E-state index contributed by atoms with van der Waals surface area (Å²) in [5.41, 5.74) is 5.01. The normalized spacial score (nSPS) is 11.4. The van der Waals surface area contributed by atoms with Gasteiger partial charge in [-0.2, -0.15) is 0 Å². The van der Waals surface area contributed by atoms with E-state index in [9.17, 15) is 4.79 Å². The van der Waals surface area contributed by atoms with Crippen LogP contribution in [-0.4, -0.2) is 53.4 Å². The lowest BCUT2D eigenvalue weighted by molar-refractivity contribution is 0.227. The Morgan fingerprint density at radius 2 is 1.40 bits per heavy atom. The number of hydrogen-bond acceptors (Lipinski definition) is 4. The molecule has 2 amide bonds. The number of urea groups is 1. The van der Waals surface area contributed by atoms with E-state index in [2.05, 4.69) is 21.3 Å². The van der Waals surface area contributed by atoms with Crippen LogP contribution in [0, 0.1) is 5.41 Å². The predicted molar refractivity (Wildman–Crippen MR) is 61.8 cm³/mol. The predicted octanol–water partition coefficient (Wildman–Crippen LogP) is -1.70. The van der Waals surface area contributed by atoms with E-state index in [0.29, 0.717) is 6.54 Å². The van der Waals surface area contributed by atoms with E-state index in [4.69, 9.17) is 5.73 Å². The minimum absolute atomic E-state index is 0.0622. The molecule has 0 radical (unpaired) electrons. The Balaban J connectivity index is 4.37. The Kier molecular flexibility index (Phi) is 7.02. The highest BCUT2D eigenvalue weighted by molar-refractivity contribution is 5.71. The lowest BCUT2D eigenvalue weighted by Gasteiger charge is -2.33. The van der Waals surface area contributed by atoms with Crippen LogP contribution in [0.1, 0.15) is 0 Å². The molecule has 15 heavy (non-hydrogen) atoms. The second-order valence-electron chi connectivity index (χ2n) is 3.81. The van der Waals surface area contributed by atoms with Gasteiger partial charge in [-0.15, -0.1) is 0 Å². The highest BCUT2D eigenvalue weighted by Gasteiger charge is 2.28. The quantitative estimate of drug-likeness (QED) is 0.335. The largest absolute Gasteiger partial charge is 0.352 e. The lowest BCUT2D eigenvalue weighted by atomic mass is 9.87. The molecule has 0 aliphatic heterocycles. The maximum absolute atomic E-state index is 10.7. The average Bonchev–Trinajstić information content (AvgIpc) is 2.16. The summed E-state index contributed by atoms with van der Waals surface area (Å²) in [5, 5.41) is 12.0. The number of primary amides is 1. The molecule has 0 spiro atoms. The van der Waals surface area contributed by atoms with Gasteiger partial charge in [0.15, 0.2) is 0 Å². The third-order valence-corrected chi connectivity index (χ3v) is 2.29. The van der Waals surface area contributed by atoms with Crippen LogP contribution in [0.4, 0.5) is 4.79 Å². The van der Waals surface area contributed by atoms with Crippen LogP contribution in [0.2, 0.25) is 0 Å². The zero-order chi connectivity index (χ0) is 11.7. The van der Waals surface area contributed by atoms with Gasteiger partial charge in [0.2, 0.25) is 0 Å². The molecule has 0 aromatic heterocycles. The summed E-state index contributed by atoms with van der Waals surface area (Å²) in [6, 6.07) is -0.484. The first kappa shape index (κ1) is 14.2. The van der Waals surface area contributed by atoms with E-state index in [-0.39, 0.29) is 5.41 Å². The minimum atomic E-state index is -0.484. The summed E-state index contributed by atoms with van der Waals surface area (Å²) in [6.45, 7) is 2.95. The van der Waals surface area contributed by atoms with E-state index < -0.39 is 6.03 Å². The Morgan fingerprint density at radius 3 is 1.67 bits per heavy atom. The number of carbonyl (C=O) groups excluding carboxylic acids is 1. The standard InChI is InChI=1S/C9H23N5O/c1-11-4-9(5-12-2,6-13-3)7-14-8(10)15/h11-13H,4-7H2,1-3H3,(H3,10,14,15). The molecule has 0 unspecified atom stereocenters. The third-order valence-electron chi connectivity index (χ3n) is 2.29. The van der Waals surface area contributed by atoms with Gasteiger partial charge in [-0.3, -0.25) is 0 Å². The number of amides is 2. The van der Waals surface area contributed by atoms with Gasteiger partial charge in [-0.25, -0.2) is 4.79 Å². The molecule has 0 fully saturated rings. The van der Waals surface area contributed by atoms with Gasteiger partial charge < -0.3 is 27.0 Å². The number of hydrogen-bond donors (Lipinski definition) is 5. The maximum atomic E-state index is 10.7. The van der Waals surface area contributed by atoms with Crippen LogP contribution in [0.5, 0.6) is 0 Å². The summed E-state index contributed by atoms with van der Waals surface area (Å²) in [6.07, 6.45) is 0. The van der Waals surface area contributed by atoms with Crippen molar-refractivity contribution in [3.8, 4) is 0 Å². The Morgan fingerprint density at radius 1 is 1.00 bits per heavy atom. The van der Waals surface area contributed by atoms with Crippen LogP contribution < -0.4 is 27.0 Å². The van der Waals surface area contributed by atoms with Crippen molar-refractivity contribution in [2.45, 2.75) is 0 Å². The summed E-state index contributed by atoms with van der Waals surface area (Å²) < 4.78 is 0. The van der Waals surface area contributed by atoms with E-state index in [1.807, 2.05) is 21.1 Å². The van der Waals surface area contributed by atoms with Crippen LogP contribution >= 0.6 is 0 Å². The van der Waals surface area contributed by atoms with Crippen molar-refractivity contribution in [2.24, 2.45) is 11.1 Å². The smallest absolute Gasteiger partial charge is 0.312 e. The van der Waals surface area contributed by atoms with Crippen molar-refractivity contribution in [1.29, 1.82) is 0 Å². The molecule has 6 heteroatoms. The van der Waals surface area contributed by atoms with E-state index in [0.717, 1.165) is 19.6 Å². The lowest BCUT2D eigenvalue weighted by Crippen LogP contribution is -2.54. The highest BCUT2D eigenvalue weighted by atomic mass is 16.2. The number of nitrogens with two attached hydrogens (primary N) is 1. The zero-order valence-electron chi connectivity index (χ0n) is 9.81. The SMILES string of the molecule is CNCC(CNC)(CNC)CNC(N)=O. The summed E-state index contributed by atoms with van der Waals surface area (Å²) in [4.78, 5) is 10.7. The first-order valence-electron chi connectivity index (χ1n) is 5.07. The van der Waals surface area contributed by atoms with Gasteiger partial charge in [0, 0.05) is 31.6 Å². The molecule has 0 aromatic rings. The van der Waals surface area contributed by atoms with Crippen molar-refractivity contribution < 1.29 is 4.79 Å². The molecule has 0 saturated heterocycles. The van der Waals surface area contributed by atoms with Crippen LogP contribution in [0.3, 0.4) is 0 Å². The van der Waals surface area contributed by atoms with Crippen molar-refractivity contribution in [1.82, 2.24) is 21.3 Å². The monoisotopic (exact) mass is 217 g/mol. The molecule has 0 aromatic carbocycles. The number of carbonyl (C=O) groups is 1. The maximum Gasteiger partial charge on any atom is 0.312 e. The fourth-order valence-corrected chi connectivity index (χ4v) is 1.77. The zero-order valence-corrected chi connectivity index (χ0v) is 9.81. The Labute approximate surface area is 91.4 Å². The number of nitrogens with one attached hydrogen (secondary N) is 4. The van der Waals surface area contributed by atoms with E-state index in [1.54, 1.807) is 0 Å². The van der Waals surface area contributed by atoms with E-state index in [1.165, 1.54) is 0 Å². The molecule has 0 heterocycles. The van der Waals surface area contributed by atoms with Gasteiger partial charge in [0.25, 0.3) is 0 Å². The molecule has 0 atom stereocenters. The molecule has 6 N–H and O–H groups in total. The van der Waals surface area contributed by atoms with Crippen LogP contribution in [0.25, 0.3) is 0 Å². The highest BCUT2D eigenvalue weighted by Crippen LogP contribution is 2.12. The van der Waals surface area contributed by atoms with Crippen molar-refractivity contribution in [3.05, 3.63) is 0 Å². The minimum Gasteiger partial charge on any atom is -0.352 e. The molecular weight excluding hydrogens is 194 g/mol. The summed E-state index contributed by atoms with van der Waals surface area (Å²) >= 11 is 0. The average molecular weight is 217 g/mol. The second-order valence-corrected chi connectivity index (χ2v) is 3.81. The topological polar surface area (TPSA) is 91.2 Å². The summed E-state index contributed by atoms with van der Waals surface area (Å²) in [7, 11) is 5.68. The molecule has 0 aliphatic rings. The van der Waals surface area contributed by atoms with Gasteiger partial charge >= 0.3 is 6.03 Å². The van der Waals surface area contributed by atoms with Crippen molar-refractivity contribution in [2.75, 3.05) is 47.3 Å². The molecule has 0 bridgehead atoms. The molecule has 90 valence electrons. The fourth-order valence-electron chi connectivity index (χ4n) is 1.77. The molecular formula is C9H23N5O. The fraction of sp³-hybridized carbons (Fsp3) is 0.889. The Bertz CT molecular complexity index is 168. The number of rotatable bonds is 8. The van der Waals surface area contributed by atoms with Crippen molar-refractivity contribution >= 4 is 6.03 Å². The molecule has 6 nitrogen and oxygen atoms in total. The Hall–Kier alpha value is -0.850. The molecule has 0 saturated carbocycles. The van der Waals surface area contributed by atoms with Crippen molar-refractivity contribution in [3.63, 3.8) is 0 Å². The summed E-state index contributed by atoms with van der Waals surface area (Å²) in [5.74, 6) is 0. The van der Waals surface area contributed by atoms with Crippen LogP contribution in [0.15, 0.2) is 0 Å². The third kappa shape index (κ3) is 5.56. The van der Waals surface area contributed by atoms with E-state index >= 15 is 0 Å².